The van der Waals surface area contributed by atoms with Crippen molar-refractivity contribution in [2.45, 2.75) is 39.4 Å². The molecule has 1 unspecified atom stereocenters. The van der Waals surface area contributed by atoms with Gasteiger partial charge in [-0.15, -0.1) is 0 Å². The normalized spacial score (nSPS) is 12.6. The predicted molar refractivity (Wildman–Crippen MR) is 79.2 cm³/mol. The Morgan fingerprint density at radius 1 is 1.37 bits per heavy atom. The van der Waals surface area contributed by atoms with Gasteiger partial charge in [0, 0.05) is 30.4 Å². The van der Waals surface area contributed by atoms with E-state index in [-0.39, 0.29) is 0 Å². The molecule has 0 aliphatic carbocycles. The van der Waals surface area contributed by atoms with Crippen LogP contribution in [0.15, 0.2) is 36.8 Å². The minimum absolute atomic E-state index is 0.318. The molecular formula is C15H20ClN3. The van der Waals surface area contributed by atoms with Gasteiger partial charge in [-0.25, -0.2) is 4.98 Å². The first-order valence-electron chi connectivity index (χ1n) is 6.72. The van der Waals surface area contributed by atoms with E-state index in [4.69, 9.17) is 11.6 Å². The van der Waals surface area contributed by atoms with Gasteiger partial charge in [-0.1, -0.05) is 30.7 Å². The Labute approximate surface area is 119 Å². The van der Waals surface area contributed by atoms with Gasteiger partial charge in [0.2, 0.25) is 0 Å². The number of hydrogen-bond acceptors (Lipinski definition) is 2. The largest absolute Gasteiger partial charge is 0.334 e. The van der Waals surface area contributed by atoms with E-state index in [2.05, 4.69) is 34.8 Å². The molecule has 3 nitrogen and oxygen atoms in total. The molecule has 4 heteroatoms. The molecule has 1 heterocycles. The maximum absolute atomic E-state index is 6.05. The average Bonchev–Trinajstić information content (AvgIpc) is 2.87. The zero-order valence-electron chi connectivity index (χ0n) is 11.4. The van der Waals surface area contributed by atoms with Gasteiger partial charge in [0.25, 0.3) is 0 Å². The third kappa shape index (κ3) is 3.58. The van der Waals surface area contributed by atoms with Gasteiger partial charge in [-0.05, 0) is 31.0 Å². The van der Waals surface area contributed by atoms with Crippen molar-refractivity contribution in [3.05, 3.63) is 53.1 Å². The number of nitrogens with one attached hydrogen (secondary N) is 1. The van der Waals surface area contributed by atoms with Gasteiger partial charge in [0.15, 0.2) is 0 Å². The molecule has 0 aliphatic rings. The van der Waals surface area contributed by atoms with E-state index in [0.717, 1.165) is 24.5 Å². The highest BCUT2D eigenvalue weighted by Gasteiger charge is 2.10. The van der Waals surface area contributed by atoms with Crippen LogP contribution in [0.3, 0.4) is 0 Å². The molecule has 0 saturated carbocycles. The molecule has 19 heavy (non-hydrogen) atoms. The SMILES string of the molecule is CCC(NCc1cncn1CC)c1cccc(Cl)c1. The van der Waals surface area contributed by atoms with E-state index in [0.29, 0.717) is 6.04 Å². The maximum atomic E-state index is 6.05. The van der Waals surface area contributed by atoms with Crippen LogP contribution in [0.5, 0.6) is 0 Å². The summed E-state index contributed by atoms with van der Waals surface area (Å²) in [4.78, 5) is 4.19. The lowest BCUT2D eigenvalue weighted by Gasteiger charge is -2.18. The number of rotatable bonds is 6. The number of nitrogens with zero attached hydrogens (tertiary/aromatic N) is 2. The van der Waals surface area contributed by atoms with Crippen molar-refractivity contribution in [3.63, 3.8) is 0 Å². The fourth-order valence-electron chi connectivity index (χ4n) is 2.23. The first kappa shape index (κ1) is 14.1. The Hall–Kier alpha value is -1.32. The molecule has 0 spiro atoms. The molecule has 1 N–H and O–H groups in total. The number of benzene rings is 1. The topological polar surface area (TPSA) is 29.9 Å². The van der Waals surface area contributed by atoms with Gasteiger partial charge >= 0.3 is 0 Å². The smallest absolute Gasteiger partial charge is 0.0948 e. The molecule has 102 valence electrons. The highest BCUT2D eigenvalue weighted by atomic mass is 35.5. The molecule has 0 aliphatic heterocycles. The minimum atomic E-state index is 0.318. The number of halogens is 1. The van der Waals surface area contributed by atoms with Gasteiger partial charge < -0.3 is 9.88 Å². The molecule has 0 amide bonds. The Morgan fingerprint density at radius 3 is 2.89 bits per heavy atom. The van der Waals surface area contributed by atoms with Crippen molar-refractivity contribution in [1.82, 2.24) is 14.9 Å². The van der Waals surface area contributed by atoms with Crippen LogP contribution in [0.1, 0.15) is 37.6 Å². The van der Waals surface area contributed by atoms with Crippen LogP contribution in [-0.2, 0) is 13.1 Å². The van der Waals surface area contributed by atoms with Crippen LogP contribution in [-0.4, -0.2) is 9.55 Å². The average molecular weight is 278 g/mol. The summed E-state index contributed by atoms with van der Waals surface area (Å²) in [5, 5.41) is 4.36. The minimum Gasteiger partial charge on any atom is -0.334 e. The van der Waals surface area contributed by atoms with Crippen molar-refractivity contribution < 1.29 is 0 Å². The summed E-state index contributed by atoms with van der Waals surface area (Å²) in [6.45, 7) is 6.07. The van der Waals surface area contributed by atoms with Crippen molar-refractivity contribution in [1.29, 1.82) is 0 Å². The van der Waals surface area contributed by atoms with E-state index in [1.165, 1.54) is 11.3 Å². The van der Waals surface area contributed by atoms with Crippen LogP contribution >= 0.6 is 11.6 Å². The maximum Gasteiger partial charge on any atom is 0.0948 e. The van der Waals surface area contributed by atoms with Crippen molar-refractivity contribution >= 4 is 11.6 Å². The lowest BCUT2D eigenvalue weighted by atomic mass is 10.0. The highest BCUT2D eigenvalue weighted by Crippen LogP contribution is 2.20. The van der Waals surface area contributed by atoms with Crippen molar-refractivity contribution in [2.24, 2.45) is 0 Å². The molecule has 0 bridgehead atoms. The van der Waals surface area contributed by atoms with E-state index >= 15 is 0 Å². The third-order valence-electron chi connectivity index (χ3n) is 3.33. The number of aryl methyl sites for hydroxylation is 1. The quantitative estimate of drug-likeness (QED) is 0.870. The number of aromatic nitrogens is 2. The fraction of sp³-hybridized carbons (Fsp3) is 0.400. The van der Waals surface area contributed by atoms with Gasteiger partial charge in [-0.3, -0.25) is 0 Å². The molecule has 2 aromatic rings. The second-order valence-electron chi connectivity index (χ2n) is 4.57. The summed E-state index contributed by atoms with van der Waals surface area (Å²) in [5.74, 6) is 0. The molecule has 0 saturated heterocycles. The summed E-state index contributed by atoms with van der Waals surface area (Å²) in [5.41, 5.74) is 2.44. The Balaban J connectivity index is 2.04. The lowest BCUT2D eigenvalue weighted by molar-refractivity contribution is 0.504. The zero-order valence-corrected chi connectivity index (χ0v) is 12.2. The van der Waals surface area contributed by atoms with E-state index < -0.39 is 0 Å². The monoisotopic (exact) mass is 277 g/mol. The fourth-order valence-corrected chi connectivity index (χ4v) is 2.43. The van der Waals surface area contributed by atoms with Crippen LogP contribution in [0, 0.1) is 0 Å². The van der Waals surface area contributed by atoms with E-state index in [1.807, 2.05) is 30.7 Å². The zero-order chi connectivity index (χ0) is 13.7. The Kier molecular flexibility index (Phi) is 5.00. The first-order valence-corrected chi connectivity index (χ1v) is 7.10. The first-order chi connectivity index (χ1) is 9.24. The summed E-state index contributed by atoms with van der Waals surface area (Å²) < 4.78 is 2.15. The Bertz CT molecular complexity index is 522. The summed E-state index contributed by atoms with van der Waals surface area (Å²) in [7, 11) is 0. The molecule has 1 aromatic carbocycles. The summed E-state index contributed by atoms with van der Waals surface area (Å²) >= 11 is 6.05. The summed E-state index contributed by atoms with van der Waals surface area (Å²) in [6, 6.07) is 8.37. The second kappa shape index (κ2) is 6.73. The van der Waals surface area contributed by atoms with E-state index in [9.17, 15) is 0 Å². The standard InChI is InChI=1S/C15H20ClN3/c1-3-15(12-6-5-7-13(16)8-12)18-10-14-9-17-11-19(14)4-2/h5-9,11,15,18H,3-4,10H2,1-2H3. The van der Waals surface area contributed by atoms with Gasteiger partial charge in [0.1, 0.15) is 0 Å². The van der Waals surface area contributed by atoms with Gasteiger partial charge in [-0.2, -0.15) is 0 Å². The second-order valence-corrected chi connectivity index (χ2v) is 5.00. The van der Waals surface area contributed by atoms with E-state index in [1.54, 1.807) is 0 Å². The van der Waals surface area contributed by atoms with Crippen molar-refractivity contribution in [3.8, 4) is 0 Å². The molecule has 1 atom stereocenters. The molecule has 1 aromatic heterocycles. The van der Waals surface area contributed by atoms with Crippen LogP contribution in [0.2, 0.25) is 5.02 Å². The van der Waals surface area contributed by atoms with Crippen molar-refractivity contribution in [2.75, 3.05) is 0 Å². The van der Waals surface area contributed by atoms with Crippen LogP contribution in [0.25, 0.3) is 0 Å². The van der Waals surface area contributed by atoms with Crippen LogP contribution in [0.4, 0.5) is 0 Å². The predicted octanol–water partition coefficient (Wildman–Crippen LogP) is 3.80. The Morgan fingerprint density at radius 2 is 2.21 bits per heavy atom. The summed E-state index contributed by atoms with van der Waals surface area (Å²) in [6.07, 6.45) is 4.82. The third-order valence-corrected chi connectivity index (χ3v) is 3.56. The molecule has 0 fully saturated rings. The molecular weight excluding hydrogens is 258 g/mol. The van der Waals surface area contributed by atoms with Gasteiger partial charge in [0.05, 0.1) is 12.0 Å². The molecule has 0 radical (unpaired) electrons. The lowest BCUT2D eigenvalue weighted by Crippen LogP contribution is -2.21. The van der Waals surface area contributed by atoms with Crippen LogP contribution < -0.4 is 5.32 Å². The molecule has 2 rings (SSSR count). The number of hydrogen-bond donors (Lipinski definition) is 1. The number of imidazole rings is 1. The highest BCUT2D eigenvalue weighted by molar-refractivity contribution is 6.30.